The number of nitrogens with zero attached hydrogens (tertiary/aromatic N) is 1. The second-order valence-corrected chi connectivity index (χ2v) is 7.10. The number of hydrogen-bond acceptors (Lipinski definition) is 2. The maximum absolute atomic E-state index is 12.7. The van der Waals surface area contributed by atoms with E-state index >= 15 is 0 Å². The molecule has 5 unspecified atom stereocenters. The molecule has 3 nitrogen and oxygen atoms in total. The van der Waals surface area contributed by atoms with Crippen LogP contribution in [0.1, 0.15) is 38.5 Å². The van der Waals surface area contributed by atoms with E-state index in [0.717, 1.165) is 19.3 Å². The lowest BCUT2D eigenvalue weighted by atomic mass is 9.90. The first-order valence-corrected chi connectivity index (χ1v) is 7.91. The minimum atomic E-state index is 0.285. The first kappa shape index (κ1) is 12.0. The fourth-order valence-electron chi connectivity index (χ4n) is 4.85. The molecule has 1 amide bonds. The van der Waals surface area contributed by atoms with E-state index in [9.17, 15) is 4.79 Å². The molecular weight excluding hydrogens is 236 g/mol. The number of amides is 1. The maximum atomic E-state index is 12.7. The topological polar surface area (TPSA) is 32.3 Å². The van der Waals surface area contributed by atoms with E-state index in [1.54, 1.807) is 0 Å². The lowest BCUT2D eigenvalue weighted by Gasteiger charge is -2.37. The number of fused-ring (bicyclic) bond motifs is 4. The van der Waals surface area contributed by atoms with Gasteiger partial charge in [0.05, 0.1) is 0 Å². The summed E-state index contributed by atoms with van der Waals surface area (Å²) in [5, 5.41) is 3.66. The van der Waals surface area contributed by atoms with E-state index in [1.807, 2.05) is 7.05 Å². The number of hydrogen-bond donors (Lipinski definition) is 1. The second kappa shape index (κ2) is 4.34. The monoisotopic (exact) mass is 260 g/mol. The molecule has 4 bridgehead atoms. The number of piperidine rings is 1. The van der Waals surface area contributed by atoms with Gasteiger partial charge in [-0.3, -0.25) is 4.79 Å². The molecule has 0 spiro atoms. The van der Waals surface area contributed by atoms with Gasteiger partial charge >= 0.3 is 0 Å². The Morgan fingerprint density at radius 3 is 2.42 bits per heavy atom. The maximum Gasteiger partial charge on any atom is 0.226 e. The third-order valence-corrected chi connectivity index (χ3v) is 5.94. The molecule has 1 saturated carbocycles. The summed E-state index contributed by atoms with van der Waals surface area (Å²) >= 11 is 0. The molecule has 2 aliphatic heterocycles. The number of allylic oxidation sites excluding steroid dienone is 2. The number of rotatable bonds is 2. The standard InChI is InChI=1S/C16H24N2O/c1-18(14-8-12-4-5-13(9-14)17-12)16(19)15-7-10-2-3-11(15)6-10/h2-3,10-15,17H,4-9H2,1H3. The predicted molar refractivity (Wildman–Crippen MR) is 74.6 cm³/mol. The summed E-state index contributed by atoms with van der Waals surface area (Å²) in [5.74, 6) is 1.94. The van der Waals surface area contributed by atoms with Gasteiger partial charge in [-0.1, -0.05) is 12.2 Å². The molecule has 0 aromatic heterocycles. The van der Waals surface area contributed by atoms with Crippen molar-refractivity contribution in [1.29, 1.82) is 0 Å². The largest absolute Gasteiger partial charge is 0.342 e. The molecule has 0 aromatic rings. The number of nitrogens with one attached hydrogen (secondary N) is 1. The van der Waals surface area contributed by atoms with Crippen molar-refractivity contribution in [3.8, 4) is 0 Å². The Balaban J connectivity index is 1.44. The molecule has 3 fully saturated rings. The first-order valence-electron chi connectivity index (χ1n) is 7.91. The van der Waals surface area contributed by atoms with Crippen LogP contribution in [0.5, 0.6) is 0 Å². The predicted octanol–water partition coefficient (Wildman–Crippen LogP) is 1.94. The highest BCUT2D eigenvalue weighted by Gasteiger charge is 2.43. The van der Waals surface area contributed by atoms with Crippen molar-refractivity contribution in [1.82, 2.24) is 10.2 Å². The van der Waals surface area contributed by atoms with Crippen molar-refractivity contribution in [2.45, 2.75) is 56.7 Å². The van der Waals surface area contributed by atoms with Gasteiger partial charge < -0.3 is 10.2 Å². The summed E-state index contributed by atoms with van der Waals surface area (Å²) < 4.78 is 0. The van der Waals surface area contributed by atoms with Crippen LogP contribution in [0, 0.1) is 17.8 Å². The molecule has 3 heteroatoms. The Hall–Kier alpha value is -0.830. The zero-order valence-electron chi connectivity index (χ0n) is 11.7. The van der Waals surface area contributed by atoms with Crippen molar-refractivity contribution in [3.05, 3.63) is 12.2 Å². The minimum absolute atomic E-state index is 0.285. The van der Waals surface area contributed by atoms with Crippen LogP contribution in [0.25, 0.3) is 0 Å². The fraction of sp³-hybridized carbons (Fsp3) is 0.812. The van der Waals surface area contributed by atoms with Crippen LogP contribution in [-0.4, -0.2) is 36.0 Å². The normalized spacial score (nSPS) is 46.8. The molecule has 1 N–H and O–H groups in total. The summed E-state index contributed by atoms with van der Waals surface area (Å²) in [5.41, 5.74) is 0. The van der Waals surface area contributed by atoms with Crippen LogP contribution in [0.2, 0.25) is 0 Å². The van der Waals surface area contributed by atoms with Gasteiger partial charge in [-0.25, -0.2) is 0 Å². The van der Waals surface area contributed by atoms with E-state index in [0.29, 0.717) is 35.9 Å². The highest BCUT2D eigenvalue weighted by molar-refractivity contribution is 5.80. The molecule has 4 aliphatic rings. The average Bonchev–Trinajstić information content (AvgIpc) is 3.12. The molecule has 104 valence electrons. The Morgan fingerprint density at radius 2 is 1.84 bits per heavy atom. The molecule has 2 saturated heterocycles. The summed E-state index contributed by atoms with van der Waals surface area (Å²) in [4.78, 5) is 14.8. The van der Waals surface area contributed by atoms with Crippen LogP contribution in [0.4, 0.5) is 0 Å². The lowest BCUT2D eigenvalue weighted by molar-refractivity contribution is -0.137. The minimum Gasteiger partial charge on any atom is -0.342 e. The molecule has 0 aromatic carbocycles. The SMILES string of the molecule is CN(C(=O)C1CC2C=CC1C2)C1CC2CCC(C1)N2. The van der Waals surface area contributed by atoms with E-state index < -0.39 is 0 Å². The van der Waals surface area contributed by atoms with Crippen LogP contribution in [0.15, 0.2) is 12.2 Å². The van der Waals surface area contributed by atoms with Gasteiger partial charge in [0.15, 0.2) is 0 Å². The highest BCUT2D eigenvalue weighted by atomic mass is 16.2. The van der Waals surface area contributed by atoms with Crippen LogP contribution in [-0.2, 0) is 4.79 Å². The second-order valence-electron chi connectivity index (χ2n) is 7.10. The van der Waals surface area contributed by atoms with Gasteiger partial charge in [-0.15, -0.1) is 0 Å². The van der Waals surface area contributed by atoms with E-state index in [1.165, 1.54) is 19.3 Å². The van der Waals surface area contributed by atoms with Gasteiger partial charge in [0.2, 0.25) is 5.91 Å². The Morgan fingerprint density at radius 1 is 1.11 bits per heavy atom. The van der Waals surface area contributed by atoms with E-state index in [2.05, 4.69) is 22.4 Å². The Labute approximate surface area is 115 Å². The summed E-state index contributed by atoms with van der Waals surface area (Å²) in [6, 6.07) is 1.81. The first-order chi connectivity index (χ1) is 9.20. The quantitative estimate of drug-likeness (QED) is 0.770. The molecular formula is C16H24N2O. The number of carbonyl (C=O) groups excluding carboxylic acids is 1. The van der Waals surface area contributed by atoms with Crippen LogP contribution < -0.4 is 5.32 Å². The summed E-state index contributed by atoms with van der Waals surface area (Å²) in [6.45, 7) is 0. The van der Waals surface area contributed by atoms with E-state index in [-0.39, 0.29) is 5.92 Å². The third kappa shape index (κ3) is 1.94. The van der Waals surface area contributed by atoms with Crippen molar-refractivity contribution >= 4 is 5.91 Å². The van der Waals surface area contributed by atoms with Gasteiger partial charge in [-0.2, -0.15) is 0 Å². The average molecular weight is 260 g/mol. The molecule has 4 rings (SSSR count). The molecule has 19 heavy (non-hydrogen) atoms. The Bertz CT molecular complexity index is 407. The van der Waals surface area contributed by atoms with Crippen molar-refractivity contribution in [3.63, 3.8) is 0 Å². The zero-order valence-corrected chi connectivity index (χ0v) is 11.7. The number of carbonyl (C=O) groups is 1. The van der Waals surface area contributed by atoms with Crippen molar-refractivity contribution in [2.24, 2.45) is 17.8 Å². The van der Waals surface area contributed by atoms with Gasteiger partial charge in [0.25, 0.3) is 0 Å². The molecule has 0 radical (unpaired) electrons. The van der Waals surface area contributed by atoms with Gasteiger partial charge in [-0.05, 0) is 50.4 Å². The zero-order chi connectivity index (χ0) is 13.0. The lowest BCUT2D eigenvalue weighted by Crippen LogP contribution is -2.50. The summed E-state index contributed by atoms with van der Waals surface area (Å²) in [7, 11) is 2.05. The fourth-order valence-corrected chi connectivity index (χ4v) is 4.85. The molecule has 2 aliphatic carbocycles. The molecule has 5 atom stereocenters. The van der Waals surface area contributed by atoms with E-state index in [4.69, 9.17) is 0 Å². The summed E-state index contributed by atoms with van der Waals surface area (Å²) in [6.07, 6.45) is 11.9. The smallest absolute Gasteiger partial charge is 0.226 e. The van der Waals surface area contributed by atoms with Gasteiger partial charge in [0.1, 0.15) is 0 Å². The van der Waals surface area contributed by atoms with Crippen molar-refractivity contribution in [2.75, 3.05) is 7.05 Å². The van der Waals surface area contributed by atoms with Crippen LogP contribution >= 0.6 is 0 Å². The van der Waals surface area contributed by atoms with Gasteiger partial charge in [0, 0.05) is 31.1 Å². The Kier molecular flexibility index (Phi) is 2.73. The molecule has 2 heterocycles. The van der Waals surface area contributed by atoms with Crippen molar-refractivity contribution < 1.29 is 4.79 Å². The third-order valence-electron chi connectivity index (χ3n) is 5.94. The van der Waals surface area contributed by atoms with Crippen LogP contribution in [0.3, 0.4) is 0 Å². The highest BCUT2D eigenvalue weighted by Crippen LogP contribution is 2.44.